The molecule has 0 aliphatic rings. The van der Waals surface area contributed by atoms with E-state index in [4.69, 9.17) is 0 Å². The Morgan fingerprint density at radius 3 is 2.62 bits per heavy atom. The number of para-hydroxylation sites is 1. The van der Waals surface area contributed by atoms with Crippen LogP contribution in [0.15, 0.2) is 54.7 Å². The predicted molar refractivity (Wildman–Crippen MR) is 85.4 cm³/mol. The number of rotatable bonds is 3. The average Bonchev–Trinajstić information content (AvgIpc) is 2.91. The molecule has 1 amide bonds. The second kappa shape index (κ2) is 5.44. The molecule has 2 aromatic carbocycles. The summed E-state index contributed by atoms with van der Waals surface area (Å²) >= 11 is 0. The van der Waals surface area contributed by atoms with Crippen LogP contribution in [0.2, 0.25) is 0 Å². The smallest absolute Gasteiger partial charge is 0.253 e. The number of nitrogens with one attached hydrogen (secondary N) is 2. The number of aromatic amines is 1. The highest BCUT2D eigenvalue weighted by atomic mass is 16.1. The van der Waals surface area contributed by atoms with E-state index in [1.54, 1.807) is 6.20 Å². The average molecular weight is 278 g/mol. The lowest BCUT2D eigenvalue weighted by Crippen LogP contribution is -2.26. The van der Waals surface area contributed by atoms with Crippen LogP contribution in [0.5, 0.6) is 0 Å². The van der Waals surface area contributed by atoms with Crippen LogP contribution in [0.3, 0.4) is 0 Å². The number of H-pyrrole nitrogens is 1. The number of carbonyl (C=O) groups excluding carboxylic acids is 1. The molecule has 3 nitrogen and oxygen atoms in total. The van der Waals surface area contributed by atoms with Crippen LogP contribution < -0.4 is 5.32 Å². The maximum absolute atomic E-state index is 12.5. The molecule has 1 heterocycles. The zero-order chi connectivity index (χ0) is 14.8. The molecular weight excluding hydrogens is 260 g/mol. The summed E-state index contributed by atoms with van der Waals surface area (Å²) in [7, 11) is 0. The lowest BCUT2D eigenvalue weighted by atomic mass is 10.0. The first-order valence-electron chi connectivity index (χ1n) is 7.09. The van der Waals surface area contributed by atoms with E-state index < -0.39 is 0 Å². The number of amides is 1. The van der Waals surface area contributed by atoms with Gasteiger partial charge in [0.05, 0.1) is 11.6 Å². The largest absolute Gasteiger partial charge is 0.360 e. The van der Waals surface area contributed by atoms with Gasteiger partial charge in [0.15, 0.2) is 0 Å². The first-order chi connectivity index (χ1) is 10.2. The van der Waals surface area contributed by atoms with Crippen molar-refractivity contribution in [3.05, 3.63) is 71.4 Å². The minimum atomic E-state index is -0.0526. The van der Waals surface area contributed by atoms with E-state index in [1.165, 1.54) is 5.56 Å². The van der Waals surface area contributed by atoms with Crippen LogP contribution in [0, 0.1) is 6.92 Å². The van der Waals surface area contributed by atoms with E-state index >= 15 is 0 Å². The summed E-state index contributed by atoms with van der Waals surface area (Å²) in [6.07, 6.45) is 1.77. The summed E-state index contributed by atoms with van der Waals surface area (Å²) in [5.74, 6) is -0.0526. The Morgan fingerprint density at radius 2 is 1.81 bits per heavy atom. The Kier molecular flexibility index (Phi) is 3.48. The van der Waals surface area contributed by atoms with Gasteiger partial charge in [-0.1, -0.05) is 42.5 Å². The van der Waals surface area contributed by atoms with Crippen LogP contribution in [0.25, 0.3) is 10.9 Å². The van der Waals surface area contributed by atoms with Gasteiger partial charge >= 0.3 is 0 Å². The van der Waals surface area contributed by atoms with Gasteiger partial charge in [-0.15, -0.1) is 0 Å². The van der Waals surface area contributed by atoms with Gasteiger partial charge in [0.2, 0.25) is 0 Å². The topological polar surface area (TPSA) is 44.9 Å². The van der Waals surface area contributed by atoms with E-state index in [1.807, 2.05) is 43.3 Å². The van der Waals surface area contributed by atoms with Gasteiger partial charge in [0.25, 0.3) is 5.91 Å². The van der Waals surface area contributed by atoms with Crippen molar-refractivity contribution in [1.82, 2.24) is 10.3 Å². The second-order valence-electron chi connectivity index (χ2n) is 5.30. The third-order valence-electron chi connectivity index (χ3n) is 3.84. The molecule has 0 bridgehead atoms. The molecule has 1 aromatic heterocycles. The summed E-state index contributed by atoms with van der Waals surface area (Å²) in [4.78, 5) is 15.6. The first kappa shape index (κ1) is 13.4. The molecular formula is C18H18N2O. The molecule has 21 heavy (non-hydrogen) atoms. The van der Waals surface area contributed by atoms with Crippen molar-refractivity contribution in [2.45, 2.75) is 19.9 Å². The number of benzene rings is 2. The van der Waals surface area contributed by atoms with Crippen LogP contribution in [-0.2, 0) is 0 Å². The fourth-order valence-electron chi connectivity index (χ4n) is 2.68. The Balaban J connectivity index is 1.85. The van der Waals surface area contributed by atoms with Crippen molar-refractivity contribution >= 4 is 16.8 Å². The summed E-state index contributed by atoms with van der Waals surface area (Å²) in [6.45, 7) is 4.07. The highest BCUT2D eigenvalue weighted by Crippen LogP contribution is 2.20. The summed E-state index contributed by atoms with van der Waals surface area (Å²) in [6, 6.07) is 15.9. The number of aromatic nitrogens is 1. The predicted octanol–water partition coefficient (Wildman–Crippen LogP) is 3.97. The number of aryl methyl sites for hydroxylation is 1. The Labute approximate surface area is 124 Å². The van der Waals surface area contributed by atoms with E-state index in [2.05, 4.69) is 29.4 Å². The Morgan fingerprint density at radius 1 is 1.10 bits per heavy atom. The van der Waals surface area contributed by atoms with Crippen LogP contribution in [0.4, 0.5) is 0 Å². The van der Waals surface area contributed by atoms with Crippen LogP contribution in [0.1, 0.15) is 34.5 Å². The zero-order valence-electron chi connectivity index (χ0n) is 12.2. The monoisotopic (exact) mass is 278 g/mol. The Hall–Kier alpha value is -2.55. The van der Waals surface area contributed by atoms with E-state index in [0.717, 1.165) is 16.5 Å². The standard InChI is InChI=1S/C18H18N2O/c1-12-7-3-4-8-14(12)13(2)20-18(21)16-11-19-17-10-6-5-9-15(16)17/h3-11,13,19H,1-2H3,(H,20,21). The zero-order valence-corrected chi connectivity index (χ0v) is 12.2. The molecule has 0 saturated carbocycles. The normalized spacial score (nSPS) is 12.3. The SMILES string of the molecule is Cc1ccccc1C(C)NC(=O)c1c[nH]c2ccccc12. The van der Waals surface area contributed by atoms with Gasteiger partial charge in [-0.05, 0) is 31.0 Å². The van der Waals surface area contributed by atoms with Gasteiger partial charge in [0, 0.05) is 17.1 Å². The fraction of sp³-hybridized carbons (Fsp3) is 0.167. The molecule has 0 aliphatic carbocycles. The molecule has 0 radical (unpaired) electrons. The molecule has 0 spiro atoms. The first-order valence-corrected chi connectivity index (χ1v) is 7.09. The van der Waals surface area contributed by atoms with Gasteiger partial charge in [-0.3, -0.25) is 4.79 Å². The third-order valence-corrected chi connectivity index (χ3v) is 3.84. The van der Waals surface area contributed by atoms with Gasteiger partial charge in [-0.2, -0.15) is 0 Å². The van der Waals surface area contributed by atoms with Gasteiger partial charge in [0.1, 0.15) is 0 Å². The summed E-state index contributed by atoms with van der Waals surface area (Å²) in [5.41, 5.74) is 3.99. The maximum Gasteiger partial charge on any atom is 0.253 e. The van der Waals surface area contributed by atoms with Crippen LogP contribution in [-0.4, -0.2) is 10.9 Å². The van der Waals surface area contributed by atoms with E-state index in [-0.39, 0.29) is 11.9 Å². The number of hydrogen-bond donors (Lipinski definition) is 2. The Bertz CT molecular complexity index is 789. The lowest BCUT2D eigenvalue weighted by Gasteiger charge is -2.16. The molecule has 106 valence electrons. The van der Waals surface area contributed by atoms with Gasteiger partial charge < -0.3 is 10.3 Å². The number of hydrogen-bond acceptors (Lipinski definition) is 1. The minimum absolute atomic E-state index is 0.0210. The highest BCUT2D eigenvalue weighted by molar-refractivity contribution is 6.06. The number of carbonyl (C=O) groups is 1. The molecule has 0 aliphatic heterocycles. The van der Waals surface area contributed by atoms with Crippen molar-refractivity contribution in [3.8, 4) is 0 Å². The summed E-state index contributed by atoms with van der Waals surface area (Å²) < 4.78 is 0. The maximum atomic E-state index is 12.5. The lowest BCUT2D eigenvalue weighted by molar-refractivity contribution is 0.0941. The molecule has 0 fully saturated rings. The fourth-order valence-corrected chi connectivity index (χ4v) is 2.68. The molecule has 1 atom stereocenters. The van der Waals surface area contributed by atoms with Crippen molar-refractivity contribution in [1.29, 1.82) is 0 Å². The highest BCUT2D eigenvalue weighted by Gasteiger charge is 2.15. The molecule has 0 saturated heterocycles. The van der Waals surface area contributed by atoms with Crippen molar-refractivity contribution in [2.24, 2.45) is 0 Å². The molecule has 3 aromatic rings. The number of fused-ring (bicyclic) bond motifs is 1. The van der Waals surface area contributed by atoms with Crippen molar-refractivity contribution in [2.75, 3.05) is 0 Å². The minimum Gasteiger partial charge on any atom is -0.360 e. The van der Waals surface area contributed by atoms with Gasteiger partial charge in [-0.25, -0.2) is 0 Å². The third kappa shape index (κ3) is 2.55. The van der Waals surface area contributed by atoms with E-state index in [9.17, 15) is 4.79 Å². The molecule has 2 N–H and O–H groups in total. The summed E-state index contributed by atoms with van der Waals surface area (Å²) in [5, 5.41) is 4.02. The van der Waals surface area contributed by atoms with Crippen molar-refractivity contribution in [3.63, 3.8) is 0 Å². The van der Waals surface area contributed by atoms with Crippen molar-refractivity contribution < 1.29 is 4.79 Å². The quantitative estimate of drug-likeness (QED) is 0.748. The van der Waals surface area contributed by atoms with E-state index in [0.29, 0.717) is 5.56 Å². The second-order valence-corrected chi connectivity index (χ2v) is 5.30. The molecule has 1 unspecified atom stereocenters. The van der Waals surface area contributed by atoms with Crippen LogP contribution >= 0.6 is 0 Å². The molecule has 3 rings (SSSR count). The molecule has 3 heteroatoms.